The van der Waals surface area contributed by atoms with Gasteiger partial charge in [0.15, 0.2) is 22.7 Å². The maximum atomic E-state index is 12.1. The zero-order chi connectivity index (χ0) is 18.8. The first kappa shape index (κ1) is 17.4. The Kier molecular flexibility index (Phi) is 4.72. The molecule has 1 atom stereocenters. The lowest BCUT2D eigenvalue weighted by Crippen LogP contribution is -2.52. The number of hydrogen-bond acceptors (Lipinski definition) is 5. The average molecular weight is 385 g/mol. The van der Waals surface area contributed by atoms with Crippen molar-refractivity contribution < 1.29 is 19.0 Å². The number of anilines is 1. The Hall–Kier alpha value is -3.00. The number of hydrogen-bond donors (Lipinski definition) is 2. The van der Waals surface area contributed by atoms with Crippen LogP contribution in [0.2, 0.25) is 0 Å². The molecule has 0 saturated heterocycles. The van der Waals surface area contributed by atoms with Crippen molar-refractivity contribution in [3.63, 3.8) is 0 Å². The van der Waals surface area contributed by atoms with Gasteiger partial charge in [-0.25, -0.2) is 0 Å². The Morgan fingerprint density at radius 1 is 1.19 bits per heavy atom. The molecule has 0 bridgehead atoms. The Bertz CT molecular complexity index is 889. The second kappa shape index (κ2) is 7.32. The van der Waals surface area contributed by atoms with E-state index in [1.54, 1.807) is 7.05 Å². The zero-order valence-corrected chi connectivity index (χ0v) is 15.5. The summed E-state index contributed by atoms with van der Waals surface area (Å²) in [6, 6.07) is 13.3. The van der Waals surface area contributed by atoms with E-state index < -0.39 is 6.10 Å². The molecule has 2 aromatic carbocycles. The van der Waals surface area contributed by atoms with Crippen LogP contribution < -0.4 is 29.7 Å². The molecule has 2 aromatic rings. The first-order valence-corrected chi connectivity index (χ1v) is 8.97. The Balaban J connectivity index is 1.49. The second-order valence-electron chi connectivity index (χ2n) is 6.15. The van der Waals surface area contributed by atoms with Crippen molar-refractivity contribution in [3.05, 3.63) is 48.0 Å². The molecule has 2 heterocycles. The topological polar surface area (TPSA) is 72.1 Å². The number of amides is 1. The van der Waals surface area contributed by atoms with Crippen LogP contribution in [0.1, 0.15) is 5.56 Å². The number of carbonyl (C=O) groups is 1. The minimum Gasteiger partial charge on any atom is -0.477 e. The Morgan fingerprint density at radius 3 is 2.85 bits per heavy atom. The van der Waals surface area contributed by atoms with Crippen LogP contribution in [-0.2, 0) is 11.3 Å². The lowest BCUT2D eigenvalue weighted by Gasteiger charge is -2.35. The molecule has 0 fully saturated rings. The van der Waals surface area contributed by atoms with Gasteiger partial charge in [-0.1, -0.05) is 18.2 Å². The van der Waals surface area contributed by atoms with Crippen molar-refractivity contribution in [2.24, 2.45) is 0 Å². The summed E-state index contributed by atoms with van der Waals surface area (Å²) < 4.78 is 16.5. The molecule has 0 spiro atoms. The van der Waals surface area contributed by atoms with Crippen LogP contribution in [0, 0.1) is 0 Å². The van der Waals surface area contributed by atoms with Gasteiger partial charge in [-0.15, -0.1) is 0 Å². The van der Waals surface area contributed by atoms with Crippen molar-refractivity contribution in [1.29, 1.82) is 0 Å². The van der Waals surface area contributed by atoms with E-state index in [0.29, 0.717) is 24.0 Å². The number of benzene rings is 2. The van der Waals surface area contributed by atoms with Gasteiger partial charge in [0.05, 0.1) is 12.2 Å². The van der Waals surface area contributed by atoms with Crippen LogP contribution in [0.15, 0.2) is 42.5 Å². The number of carbonyl (C=O) groups excluding carboxylic acids is 1. The number of para-hydroxylation sites is 2. The molecule has 2 aliphatic rings. The van der Waals surface area contributed by atoms with E-state index in [2.05, 4.69) is 10.6 Å². The van der Waals surface area contributed by atoms with E-state index in [-0.39, 0.29) is 12.7 Å². The predicted molar refractivity (Wildman–Crippen MR) is 104 cm³/mol. The summed E-state index contributed by atoms with van der Waals surface area (Å²) in [4.78, 5) is 14.0. The number of nitrogens with one attached hydrogen (secondary N) is 2. The first-order chi connectivity index (χ1) is 13.2. The molecular formula is C19H19N3O4S. The third kappa shape index (κ3) is 3.48. The maximum Gasteiger partial charge on any atom is 0.262 e. The molecule has 0 aliphatic carbocycles. The van der Waals surface area contributed by atoms with E-state index in [9.17, 15) is 4.79 Å². The molecule has 140 valence electrons. The fourth-order valence-electron chi connectivity index (χ4n) is 3.05. The summed E-state index contributed by atoms with van der Waals surface area (Å²) in [7, 11) is 1.59. The van der Waals surface area contributed by atoms with Gasteiger partial charge in [-0.2, -0.15) is 0 Å². The third-order valence-corrected chi connectivity index (χ3v) is 4.80. The molecule has 0 unspecified atom stereocenters. The van der Waals surface area contributed by atoms with Crippen molar-refractivity contribution in [3.8, 4) is 17.2 Å². The smallest absolute Gasteiger partial charge is 0.262 e. The van der Waals surface area contributed by atoms with Crippen molar-refractivity contribution in [2.45, 2.75) is 12.6 Å². The van der Waals surface area contributed by atoms with Crippen LogP contribution in [0.5, 0.6) is 17.2 Å². The van der Waals surface area contributed by atoms with Gasteiger partial charge >= 0.3 is 0 Å². The Morgan fingerprint density at radius 2 is 2.00 bits per heavy atom. The normalized spacial score (nSPS) is 16.9. The van der Waals surface area contributed by atoms with Gasteiger partial charge in [0.25, 0.3) is 5.91 Å². The van der Waals surface area contributed by atoms with Gasteiger partial charge in [0, 0.05) is 13.6 Å². The molecule has 2 aliphatic heterocycles. The highest BCUT2D eigenvalue weighted by Gasteiger charge is 2.31. The number of likely N-dealkylation sites (N-methyl/N-ethyl adjacent to an activating group) is 1. The SMILES string of the molecule is CNC(=O)[C@H]1CN(C(=S)NCc2ccc3c(c2)OCO3)c2ccccc2O1. The fourth-order valence-corrected chi connectivity index (χ4v) is 3.29. The largest absolute Gasteiger partial charge is 0.477 e. The van der Waals surface area contributed by atoms with E-state index in [0.717, 1.165) is 22.7 Å². The molecule has 1 amide bonds. The second-order valence-corrected chi connectivity index (χ2v) is 6.53. The van der Waals surface area contributed by atoms with Crippen LogP contribution in [-0.4, -0.2) is 37.5 Å². The van der Waals surface area contributed by atoms with Crippen LogP contribution in [0.4, 0.5) is 5.69 Å². The number of fused-ring (bicyclic) bond motifs is 2. The first-order valence-electron chi connectivity index (χ1n) is 8.57. The summed E-state index contributed by atoms with van der Waals surface area (Å²) in [6.45, 7) is 1.11. The van der Waals surface area contributed by atoms with Gasteiger partial charge < -0.3 is 29.7 Å². The van der Waals surface area contributed by atoms with Gasteiger partial charge in [-0.05, 0) is 42.0 Å². The molecule has 27 heavy (non-hydrogen) atoms. The van der Waals surface area contributed by atoms with Gasteiger partial charge in [0.2, 0.25) is 6.79 Å². The molecular weight excluding hydrogens is 366 g/mol. The van der Waals surface area contributed by atoms with E-state index in [1.165, 1.54) is 0 Å². The van der Waals surface area contributed by atoms with Crippen LogP contribution >= 0.6 is 12.2 Å². The molecule has 4 rings (SSSR count). The van der Waals surface area contributed by atoms with Crippen LogP contribution in [0.3, 0.4) is 0 Å². The summed E-state index contributed by atoms with van der Waals surface area (Å²) in [6.07, 6.45) is -0.629. The number of rotatable bonds is 3. The van der Waals surface area contributed by atoms with Crippen molar-refractivity contribution in [1.82, 2.24) is 10.6 Å². The number of ether oxygens (including phenoxy) is 3. The van der Waals surface area contributed by atoms with Crippen molar-refractivity contribution in [2.75, 3.05) is 25.3 Å². The summed E-state index contributed by atoms with van der Waals surface area (Å²) in [5, 5.41) is 6.40. The van der Waals surface area contributed by atoms with E-state index >= 15 is 0 Å². The van der Waals surface area contributed by atoms with Gasteiger partial charge in [0.1, 0.15) is 5.75 Å². The molecule has 0 radical (unpaired) electrons. The molecule has 7 nitrogen and oxygen atoms in total. The molecule has 8 heteroatoms. The third-order valence-electron chi connectivity index (χ3n) is 4.44. The average Bonchev–Trinajstić information content (AvgIpc) is 3.18. The molecule has 0 saturated carbocycles. The fraction of sp³-hybridized carbons (Fsp3) is 0.263. The highest BCUT2D eigenvalue weighted by molar-refractivity contribution is 7.80. The number of nitrogens with zero attached hydrogens (tertiary/aromatic N) is 1. The summed E-state index contributed by atoms with van der Waals surface area (Å²) in [5.74, 6) is 1.92. The summed E-state index contributed by atoms with van der Waals surface area (Å²) >= 11 is 5.60. The zero-order valence-electron chi connectivity index (χ0n) is 14.7. The quantitative estimate of drug-likeness (QED) is 0.781. The molecule has 0 aromatic heterocycles. The maximum absolute atomic E-state index is 12.1. The van der Waals surface area contributed by atoms with Crippen LogP contribution in [0.25, 0.3) is 0 Å². The van der Waals surface area contributed by atoms with Crippen molar-refractivity contribution >= 4 is 28.9 Å². The van der Waals surface area contributed by atoms with E-state index in [1.807, 2.05) is 47.4 Å². The van der Waals surface area contributed by atoms with E-state index in [4.69, 9.17) is 26.4 Å². The predicted octanol–water partition coefficient (Wildman–Crippen LogP) is 1.80. The lowest BCUT2D eigenvalue weighted by molar-refractivity contribution is -0.127. The lowest BCUT2D eigenvalue weighted by atomic mass is 10.2. The minimum atomic E-state index is -0.629. The Labute approximate surface area is 162 Å². The highest BCUT2D eigenvalue weighted by atomic mass is 32.1. The summed E-state index contributed by atoms with van der Waals surface area (Å²) in [5.41, 5.74) is 1.85. The van der Waals surface area contributed by atoms with Gasteiger partial charge in [-0.3, -0.25) is 4.79 Å². The monoisotopic (exact) mass is 385 g/mol. The highest BCUT2D eigenvalue weighted by Crippen LogP contribution is 2.34. The molecule has 2 N–H and O–H groups in total. The number of thiocarbonyl (C=S) groups is 1. The minimum absolute atomic E-state index is 0.187. The standard InChI is InChI=1S/C19H19N3O4S/c1-20-18(23)17-10-22(13-4-2-3-5-14(13)26-17)19(27)21-9-12-6-7-15-16(8-12)25-11-24-15/h2-8,17H,9-11H2,1H3,(H,20,23)(H,21,27)/t17-/m1/s1.